The van der Waals surface area contributed by atoms with Gasteiger partial charge in [-0.05, 0) is 37.6 Å². The summed E-state index contributed by atoms with van der Waals surface area (Å²) in [4.78, 5) is 40.3. The summed E-state index contributed by atoms with van der Waals surface area (Å²) in [6.07, 6.45) is 0.541. The van der Waals surface area contributed by atoms with E-state index in [1.165, 1.54) is 7.11 Å². The Balaban J connectivity index is 1.71. The minimum atomic E-state index is -0.429. The average molecular weight is 425 g/mol. The van der Waals surface area contributed by atoms with Crippen LogP contribution in [0.15, 0.2) is 48.5 Å². The van der Waals surface area contributed by atoms with Gasteiger partial charge in [-0.2, -0.15) is 0 Å². The Hall–Kier alpha value is -3.19. The maximum absolute atomic E-state index is 12.8. The van der Waals surface area contributed by atoms with Gasteiger partial charge >= 0.3 is 5.97 Å². The molecule has 31 heavy (non-hydrogen) atoms. The number of ether oxygens (including phenoxy) is 1. The molecule has 3 rings (SSSR count). The van der Waals surface area contributed by atoms with E-state index in [1.54, 1.807) is 29.2 Å². The van der Waals surface area contributed by atoms with Crippen molar-refractivity contribution in [3.8, 4) is 0 Å². The van der Waals surface area contributed by atoms with Crippen LogP contribution in [0.5, 0.6) is 0 Å². The van der Waals surface area contributed by atoms with E-state index in [1.807, 2.05) is 38.1 Å². The summed E-state index contributed by atoms with van der Waals surface area (Å²) in [5.74, 6) is -0.593. The van der Waals surface area contributed by atoms with E-state index in [0.29, 0.717) is 37.3 Å². The van der Waals surface area contributed by atoms with Crippen molar-refractivity contribution in [2.75, 3.05) is 32.1 Å². The quantitative estimate of drug-likeness (QED) is 0.657. The van der Waals surface area contributed by atoms with Crippen LogP contribution in [0.4, 0.5) is 5.69 Å². The van der Waals surface area contributed by atoms with Crippen molar-refractivity contribution in [1.82, 2.24) is 4.90 Å². The fourth-order valence-electron chi connectivity index (χ4n) is 4.07. The Morgan fingerprint density at radius 1 is 1.06 bits per heavy atom. The van der Waals surface area contributed by atoms with Gasteiger partial charge in [0.15, 0.2) is 12.6 Å². The van der Waals surface area contributed by atoms with E-state index < -0.39 is 6.04 Å². The first-order chi connectivity index (χ1) is 15.0. The molecule has 0 aromatic heterocycles. The number of methoxy groups -OCH3 is 1. The minimum Gasteiger partial charge on any atom is -0.465 e. The molecule has 164 valence electrons. The molecule has 2 aromatic rings. The van der Waals surface area contributed by atoms with Crippen LogP contribution in [0.25, 0.3) is 0 Å². The van der Waals surface area contributed by atoms with Crippen molar-refractivity contribution in [3.63, 3.8) is 0 Å². The molecule has 2 N–H and O–H groups in total. The third kappa shape index (κ3) is 5.30. The lowest BCUT2D eigenvalue weighted by atomic mass is 9.94. The molecule has 0 fully saturated rings. The summed E-state index contributed by atoms with van der Waals surface area (Å²) in [6, 6.07) is 14.5. The lowest BCUT2D eigenvalue weighted by molar-refractivity contribution is -0.924. The third-order valence-corrected chi connectivity index (χ3v) is 5.77. The molecule has 2 amide bonds. The normalized spacial score (nSPS) is 17.4. The smallest absolute Gasteiger partial charge is 0.365 e. The second kappa shape index (κ2) is 10.2. The summed E-state index contributed by atoms with van der Waals surface area (Å²) < 4.78 is 4.99. The first-order valence-corrected chi connectivity index (χ1v) is 10.6. The Morgan fingerprint density at radius 3 is 2.45 bits per heavy atom. The van der Waals surface area contributed by atoms with Gasteiger partial charge in [0.05, 0.1) is 7.11 Å². The number of rotatable bonds is 7. The van der Waals surface area contributed by atoms with Crippen LogP contribution >= 0.6 is 0 Å². The fourth-order valence-corrected chi connectivity index (χ4v) is 4.07. The molecule has 0 saturated carbocycles. The van der Waals surface area contributed by atoms with Gasteiger partial charge in [0.25, 0.3) is 11.8 Å². The van der Waals surface area contributed by atoms with Crippen LogP contribution in [0.3, 0.4) is 0 Å². The summed E-state index contributed by atoms with van der Waals surface area (Å²) in [6.45, 7) is 5.82. The van der Waals surface area contributed by atoms with Gasteiger partial charge in [-0.25, -0.2) is 4.79 Å². The van der Waals surface area contributed by atoms with Gasteiger partial charge in [0.2, 0.25) is 0 Å². The van der Waals surface area contributed by atoms with Crippen molar-refractivity contribution >= 4 is 23.5 Å². The van der Waals surface area contributed by atoms with Crippen LogP contribution < -0.4 is 10.2 Å². The molecule has 1 aliphatic rings. The highest BCUT2D eigenvalue weighted by molar-refractivity contribution is 5.97. The van der Waals surface area contributed by atoms with Crippen LogP contribution in [0.2, 0.25) is 0 Å². The lowest BCUT2D eigenvalue weighted by Crippen LogP contribution is -3.17. The first kappa shape index (κ1) is 22.5. The van der Waals surface area contributed by atoms with Crippen molar-refractivity contribution in [2.45, 2.75) is 32.9 Å². The number of fused-ring (bicyclic) bond motifs is 1. The first-order valence-electron chi connectivity index (χ1n) is 10.6. The molecule has 7 heteroatoms. The molecule has 0 radical (unpaired) electrons. The average Bonchev–Trinajstić information content (AvgIpc) is 2.79. The zero-order valence-corrected chi connectivity index (χ0v) is 18.3. The number of quaternary nitrogens is 1. The molecule has 2 atom stereocenters. The molecule has 1 unspecified atom stereocenters. The maximum Gasteiger partial charge on any atom is 0.365 e. The van der Waals surface area contributed by atoms with Crippen molar-refractivity contribution in [2.24, 2.45) is 0 Å². The van der Waals surface area contributed by atoms with Crippen molar-refractivity contribution in [1.29, 1.82) is 0 Å². The van der Waals surface area contributed by atoms with Gasteiger partial charge in [-0.3, -0.25) is 9.59 Å². The number of hydrogen-bond donors (Lipinski definition) is 2. The number of carbonyl (C=O) groups is 3. The van der Waals surface area contributed by atoms with E-state index in [9.17, 15) is 14.4 Å². The molecule has 0 aliphatic carbocycles. The van der Waals surface area contributed by atoms with Gasteiger partial charge in [0, 0.05) is 36.3 Å². The van der Waals surface area contributed by atoms with Gasteiger partial charge in [-0.1, -0.05) is 30.3 Å². The molecule has 7 nitrogen and oxygen atoms in total. The number of amides is 2. The van der Waals surface area contributed by atoms with Crippen LogP contribution in [0, 0.1) is 0 Å². The largest absolute Gasteiger partial charge is 0.465 e. The molecular weight excluding hydrogens is 394 g/mol. The Labute approximate surface area is 183 Å². The van der Waals surface area contributed by atoms with E-state index >= 15 is 0 Å². The van der Waals surface area contributed by atoms with Crippen molar-refractivity contribution < 1.29 is 24.0 Å². The molecule has 2 aromatic carbocycles. The Morgan fingerprint density at radius 2 is 1.77 bits per heavy atom. The summed E-state index contributed by atoms with van der Waals surface area (Å²) in [5, 5.41) is 2.88. The van der Waals surface area contributed by atoms with E-state index in [2.05, 4.69) is 5.32 Å². The molecule has 1 aliphatic heterocycles. The van der Waals surface area contributed by atoms with Gasteiger partial charge in [0.1, 0.15) is 6.54 Å². The second-order valence-electron chi connectivity index (χ2n) is 7.67. The number of nitrogens with zero attached hydrogens (tertiary/aromatic N) is 1. The van der Waals surface area contributed by atoms with E-state index in [4.69, 9.17) is 4.74 Å². The molecule has 0 spiro atoms. The molecule has 1 heterocycles. The predicted molar refractivity (Wildman–Crippen MR) is 118 cm³/mol. The highest BCUT2D eigenvalue weighted by Gasteiger charge is 2.37. The SMILES string of the molecule is CCN(CC)C(=O)c1cccc(NC(=O)C[NH+]2Cc3ccccc3C[C@@H]2C(=O)OC)c1. The topological polar surface area (TPSA) is 80.2 Å². The summed E-state index contributed by atoms with van der Waals surface area (Å²) in [7, 11) is 1.37. The Kier molecular flexibility index (Phi) is 7.41. The van der Waals surface area contributed by atoms with Crippen LogP contribution in [-0.4, -0.2) is 55.5 Å². The van der Waals surface area contributed by atoms with Crippen LogP contribution in [0.1, 0.15) is 35.3 Å². The number of carbonyl (C=O) groups excluding carboxylic acids is 3. The Bertz CT molecular complexity index is 955. The fraction of sp³-hybridized carbons (Fsp3) is 0.375. The second-order valence-corrected chi connectivity index (χ2v) is 7.67. The highest BCUT2D eigenvalue weighted by Crippen LogP contribution is 2.15. The third-order valence-electron chi connectivity index (χ3n) is 5.77. The maximum atomic E-state index is 12.8. The molecule has 0 saturated heterocycles. The van der Waals surface area contributed by atoms with Crippen molar-refractivity contribution in [3.05, 3.63) is 65.2 Å². The lowest BCUT2D eigenvalue weighted by Gasteiger charge is -2.31. The van der Waals surface area contributed by atoms with E-state index in [0.717, 1.165) is 16.0 Å². The zero-order valence-electron chi connectivity index (χ0n) is 18.3. The molecular formula is C24H30N3O4+. The molecule has 0 bridgehead atoms. The van der Waals surface area contributed by atoms with Crippen LogP contribution in [-0.2, 0) is 27.3 Å². The number of nitrogens with one attached hydrogen (secondary N) is 2. The number of benzene rings is 2. The minimum absolute atomic E-state index is 0.0647. The standard InChI is InChI=1S/C24H29N3O4/c1-4-26(5-2)23(29)18-11-8-12-20(13-18)25-22(28)16-27-15-19-10-7-6-9-17(19)14-21(27)24(30)31-3/h6-13,21H,4-5,14-16H2,1-3H3,(H,25,28)/p+1/t21-/m1/s1. The monoisotopic (exact) mass is 424 g/mol. The van der Waals surface area contributed by atoms with Gasteiger partial charge in [-0.15, -0.1) is 0 Å². The zero-order chi connectivity index (χ0) is 22.4. The highest BCUT2D eigenvalue weighted by atomic mass is 16.5. The van der Waals surface area contributed by atoms with Gasteiger partial charge < -0.3 is 19.9 Å². The van der Waals surface area contributed by atoms with E-state index in [-0.39, 0.29) is 24.3 Å². The summed E-state index contributed by atoms with van der Waals surface area (Å²) >= 11 is 0. The number of esters is 1. The number of anilines is 1. The number of hydrogen-bond acceptors (Lipinski definition) is 4. The predicted octanol–water partition coefficient (Wildman–Crippen LogP) is 1.29. The summed E-state index contributed by atoms with van der Waals surface area (Å²) in [5.41, 5.74) is 3.35.